The van der Waals surface area contributed by atoms with Crippen LogP contribution in [-0.4, -0.2) is 19.0 Å². The second-order valence-corrected chi connectivity index (χ2v) is 9.61. The fraction of sp³-hybridized carbons (Fsp3) is 0.429. The Bertz CT molecular complexity index is 1120. The summed E-state index contributed by atoms with van der Waals surface area (Å²) >= 11 is 0. The molecule has 2 atom stereocenters. The lowest BCUT2D eigenvalue weighted by molar-refractivity contribution is -0.0500. The molecule has 5 rings (SSSR count). The molecule has 0 spiro atoms. The van der Waals surface area contributed by atoms with Crippen molar-refractivity contribution in [3.63, 3.8) is 0 Å². The van der Waals surface area contributed by atoms with Crippen LogP contribution in [-0.2, 0) is 23.0 Å². The van der Waals surface area contributed by atoms with E-state index in [0.29, 0.717) is 5.56 Å². The van der Waals surface area contributed by atoms with Gasteiger partial charge in [-0.15, -0.1) is 0 Å². The first-order valence-electron chi connectivity index (χ1n) is 9.69. The molecular weight excluding hydrogens is 405 g/mol. The Hall–Kier alpha value is -2.22. The van der Waals surface area contributed by atoms with Crippen molar-refractivity contribution in [1.82, 2.24) is 0 Å². The summed E-state index contributed by atoms with van der Waals surface area (Å²) in [4.78, 5) is 0. The van der Waals surface area contributed by atoms with Crippen LogP contribution in [0.25, 0.3) is 11.1 Å². The number of halogens is 3. The minimum Gasteiger partial charge on any atom is -0.508 e. The maximum atomic E-state index is 12.9. The van der Waals surface area contributed by atoms with Crippen LogP contribution in [0.4, 0.5) is 13.2 Å². The van der Waals surface area contributed by atoms with E-state index in [1.165, 1.54) is 6.07 Å². The van der Waals surface area contributed by atoms with Crippen molar-refractivity contribution in [2.45, 2.75) is 55.9 Å². The van der Waals surface area contributed by atoms with Gasteiger partial charge in [-0.1, -0.05) is 12.1 Å². The minimum atomic E-state index is -5.71. The largest absolute Gasteiger partial charge is 0.534 e. The average molecular weight is 424 g/mol. The zero-order chi connectivity index (χ0) is 20.6. The van der Waals surface area contributed by atoms with Crippen LogP contribution in [0.1, 0.15) is 59.8 Å². The highest BCUT2D eigenvalue weighted by Gasteiger charge is 2.50. The SMILES string of the molecule is O=S(=O)(Oc1ccc(-c2ccc(O)c3c2CCC3)c2c1C1CCC2C1)C(F)(F)F. The van der Waals surface area contributed by atoms with E-state index in [4.69, 9.17) is 0 Å². The van der Waals surface area contributed by atoms with Gasteiger partial charge in [-0.2, -0.15) is 21.6 Å². The molecule has 2 aromatic carbocycles. The first-order chi connectivity index (χ1) is 13.7. The number of rotatable bonds is 3. The molecule has 0 aliphatic heterocycles. The van der Waals surface area contributed by atoms with E-state index < -0.39 is 15.6 Å². The molecule has 1 N–H and O–H groups in total. The van der Waals surface area contributed by atoms with Crippen molar-refractivity contribution in [1.29, 1.82) is 0 Å². The van der Waals surface area contributed by atoms with Gasteiger partial charge in [0.25, 0.3) is 0 Å². The first-order valence-corrected chi connectivity index (χ1v) is 11.1. The van der Waals surface area contributed by atoms with Gasteiger partial charge >= 0.3 is 15.6 Å². The molecule has 3 aliphatic rings. The average Bonchev–Trinajstić information content (AvgIpc) is 3.38. The molecule has 1 saturated carbocycles. The number of fused-ring (bicyclic) bond motifs is 6. The van der Waals surface area contributed by atoms with Crippen LogP contribution in [0.3, 0.4) is 0 Å². The third-order valence-corrected chi connectivity index (χ3v) is 7.50. The minimum absolute atomic E-state index is 0.0125. The van der Waals surface area contributed by atoms with Gasteiger partial charge in [-0.3, -0.25) is 0 Å². The summed E-state index contributed by atoms with van der Waals surface area (Å²) in [5.41, 5.74) is -0.0480. The van der Waals surface area contributed by atoms with Gasteiger partial charge < -0.3 is 9.29 Å². The Morgan fingerprint density at radius 3 is 2.31 bits per heavy atom. The highest BCUT2D eigenvalue weighted by atomic mass is 32.2. The van der Waals surface area contributed by atoms with E-state index in [1.54, 1.807) is 12.1 Å². The summed E-state index contributed by atoms with van der Waals surface area (Å²) in [7, 11) is -5.71. The number of phenolic OH excluding ortho intramolecular Hbond substituents is 1. The van der Waals surface area contributed by atoms with Crippen molar-refractivity contribution >= 4 is 10.1 Å². The Morgan fingerprint density at radius 2 is 1.59 bits per heavy atom. The molecule has 154 valence electrons. The number of aromatic hydroxyl groups is 1. The predicted molar refractivity (Wildman–Crippen MR) is 101 cm³/mol. The van der Waals surface area contributed by atoms with E-state index >= 15 is 0 Å². The number of hydrogen-bond donors (Lipinski definition) is 1. The van der Waals surface area contributed by atoms with Gasteiger partial charge in [0, 0.05) is 5.56 Å². The molecule has 29 heavy (non-hydrogen) atoms. The smallest absolute Gasteiger partial charge is 0.508 e. The van der Waals surface area contributed by atoms with E-state index in [9.17, 15) is 26.7 Å². The molecule has 2 aromatic rings. The fourth-order valence-electron chi connectivity index (χ4n) is 5.40. The van der Waals surface area contributed by atoms with E-state index in [0.717, 1.165) is 66.3 Å². The van der Waals surface area contributed by atoms with E-state index in [2.05, 4.69) is 4.18 Å². The topological polar surface area (TPSA) is 63.6 Å². The van der Waals surface area contributed by atoms with Crippen molar-refractivity contribution in [3.05, 3.63) is 46.5 Å². The van der Waals surface area contributed by atoms with Gasteiger partial charge in [0.1, 0.15) is 11.5 Å². The molecule has 8 heteroatoms. The maximum absolute atomic E-state index is 12.9. The zero-order valence-electron chi connectivity index (χ0n) is 15.4. The van der Waals surface area contributed by atoms with Gasteiger partial charge in [-0.05, 0) is 90.3 Å². The maximum Gasteiger partial charge on any atom is 0.534 e. The van der Waals surface area contributed by atoms with Crippen LogP contribution >= 0.6 is 0 Å². The summed E-state index contributed by atoms with van der Waals surface area (Å²) in [5.74, 6) is 0.269. The molecule has 0 amide bonds. The summed E-state index contributed by atoms with van der Waals surface area (Å²) in [6.07, 6.45) is 5.13. The van der Waals surface area contributed by atoms with Gasteiger partial charge in [-0.25, -0.2) is 0 Å². The summed E-state index contributed by atoms with van der Waals surface area (Å²) in [6.45, 7) is 0. The molecule has 0 radical (unpaired) electrons. The molecule has 2 bridgehead atoms. The number of hydrogen-bond acceptors (Lipinski definition) is 4. The quantitative estimate of drug-likeness (QED) is 0.547. The normalized spacial score (nSPS) is 22.6. The van der Waals surface area contributed by atoms with Crippen molar-refractivity contribution < 1.29 is 30.9 Å². The second kappa shape index (κ2) is 6.14. The standard InChI is InChI=1S/C21H19F3O4S/c22-21(23,24)29(26,27)28-18-9-7-16(19-11-4-5-12(10-11)20(18)19)14-6-8-17(25)15-3-1-2-13(14)15/h6-9,11-12,25H,1-5,10H2. The zero-order valence-corrected chi connectivity index (χ0v) is 16.2. The Balaban J connectivity index is 1.68. The van der Waals surface area contributed by atoms with Crippen molar-refractivity contribution in [2.75, 3.05) is 0 Å². The Kier molecular flexibility index (Phi) is 3.98. The molecule has 2 unspecified atom stereocenters. The van der Waals surface area contributed by atoms with Crippen LogP contribution in [0.2, 0.25) is 0 Å². The summed E-state index contributed by atoms with van der Waals surface area (Å²) < 4.78 is 66.3. The van der Waals surface area contributed by atoms with Crippen LogP contribution in [0, 0.1) is 0 Å². The number of alkyl halides is 3. The molecule has 3 aliphatic carbocycles. The van der Waals surface area contributed by atoms with Gasteiger partial charge in [0.2, 0.25) is 0 Å². The summed E-state index contributed by atoms with van der Waals surface area (Å²) in [6, 6.07) is 6.55. The van der Waals surface area contributed by atoms with Gasteiger partial charge in [0.15, 0.2) is 0 Å². The lowest BCUT2D eigenvalue weighted by Crippen LogP contribution is -2.28. The van der Waals surface area contributed by atoms with Crippen LogP contribution in [0.15, 0.2) is 24.3 Å². The van der Waals surface area contributed by atoms with E-state index in [-0.39, 0.29) is 23.3 Å². The highest BCUT2D eigenvalue weighted by Crippen LogP contribution is 2.59. The van der Waals surface area contributed by atoms with Crippen LogP contribution < -0.4 is 4.18 Å². The van der Waals surface area contributed by atoms with E-state index in [1.807, 2.05) is 6.07 Å². The van der Waals surface area contributed by atoms with Gasteiger partial charge in [0.05, 0.1) is 0 Å². The van der Waals surface area contributed by atoms with Crippen molar-refractivity contribution in [2.24, 2.45) is 0 Å². The van der Waals surface area contributed by atoms with Crippen LogP contribution in [0.5, 0.6) is 11.5 Å². The number of phenols is 1. The number of benzene rings is 2. The molecule has 1 fully saturated rings. The lowest BCUT2D eigenvalue weighted by atomic mass is 9.83. The fourth-order valence-corrected chi connectivity index (χ4v) is 5.87. The molecule has 0 heterocycles. The van der Waals surface area contributed by atoms with Crippen molar-refractivity contribution in [3.8, 4) is 22.6 Å². The first kappa shape index (κ1) is 18.8. The lowest BCUT2D eigenvalue weighted by Gasteiger charge is -2.23. The Labute approximate surface area is 166 Å². The molecule has 4 nitrogen and oxygen atoms in total. The predicted octanol–water partition coefficient (Wildman–Crippen LogP) is 5.14. The Morgan fingerprint density at radius 1 is 0.931 bits per heavy atom. The molecule has 0 aromatic heterocycles. The third-order valence-electron chi connectivity index (χ3n) is 6.53. The molecule has 0 saturated heterocycles. The summed E-state index contributed by atoms with van der Waals surface area (Å²) in [5, 5.41) is 10.2. The second-order valence-electron chi connectivity index (χ2n) is 8.07. The monoisotopic (exact) mass is 424 g/mol. The molecular formula is C21H19F3O4S. The highest BCUT2D eigenvalue weighted by molar-refractivity contribution is 7.88. The third kappa shape index (κ3) is 2.75.